The molecule has 1 heterocycles. The number of aryl methyl sites for hydroxylation is 2. The molecule has 0 aromatic carbocycles. The number of aromatic nitrogens is 2. The molecule has 0 atom stereocenters. The fourth-order valence-electron chi connectivity index (χ4n) is 0.827. The first-order valence-corrected chi connectivity index (χ1v) is 3.37. The minimum atomic E-state index is 0.716. The molecule has 2 N–H and O–H groups in total. The predicted molar refractivity (Wildman–Crippen MR) is 39.3 cm³/mol. The van der Waals surface area contributed by atoms with E-state index in [1.54, 1.807) is 4.68 Å². The Morgan fingerprint density at radius 1 is 1.60 bits per heavy atom. The van der Waals surface area contributed by atoms with Crippen molar-refractivity contribution in [3.05, 3.63) is 17.8 Å². The number of rotatable bonds is 1. The van der Waals surface area contributed by atoms with E-state index in [2.05, 4.69) is 5.10 Å². The third-order valence-corrected chi connectivity index (χ3v) is 1.37. The van der Waals surface area contributed by atoms with Crippen LogP contribution in [0.2, 0.25) is 0 Å². The molecule has 0 unspecified atom stereocenters. The smallest absolute Gasteiger partial charge is 0.285 e. The van der Waals surface area contributed by atoms with Gasteiger partial charge < -0.3 is 0 Å². The zero-order chi connectivity index (χ0) is 7.56. The molecule has 0 bridgehead atoms. The van der Waals surface area contributed by atoms with Gasteiger partial charge in [0.05, 0.1) is 5.69 Å². The van der Waals surface area contributed by atoms with Crippen LogP contribution < -0.4 is 10.4 Å². The largest absolute Gasteiger partial charge is 0.292 e. The molecule has 54 valence electrons. The van der Waals surface area contributed by atoms with Crippen LogP contribution in [0.25, 0.3) is 0 Å². The predicted octanol–water partition coefficient (Wildman–Crippen LogP) is 0.280. The van der Waals surface area contributed by atoms with Crippen LogP contribution in [0.4, 0.5) is 5.82 Å². The highest BCUT2D eigenvalue weighted by atomic mass is 15.3. The number of nitrogens with two attached hydrogens (primary N) is 1. The summed E-state index contributed by atoms with van der Waals surface area (Å²) in [6.07, 6.45) is 0. The fraction of sp³-hybridized carbons (Fsp3) is 0.429. The summed E-state index contributed by atoms with van der Waals surface area (Å²) in [5, 5.41) is 4.18. The molecule has 0 amide bonds. The Bertz CT molecular complexity index is 232. The summed E-state index contributed by atoms with van der Waals surface area (Å²) in [5.41, 5.74) is 6.60. The molecule has 0 spiro atoms. The van der Waals surface area contributed by atoms with E-state index in [1.165, 1.54) is 0 Å². The van der Waals surface area contributed by atoms with Crippen LogP contribution >= 0.6 is 0 Å². The number of hydrogen-bond donors (Lipinski definition) is 1. The maximum Gasteiger partial charge on any atom is 0.292 e. The van der Waals surface area contributed by atoms with Gasteiger partial charge >= 0.3 is 0 Å². The van der Waals surface area contributed by atoms with Gasteiger partial charge in [0.25, 0.3) is 5.82 Å². The lowest BCUT2D eigenvalue weighted by Gasteiger charge is -1.96. The zero-order valence-corrected chi connectivity index (χ0v) is 6.33. The lowest BCUT2D eigenvalue weighted by molar-refractivity contribution is -0.737. The van der Waals surface area contributed by atoms with Crippen molar-refractivity contribution in [3.63, 3.8) is 0 Å². The molecule has 0 fully saturated rings. The van der Waals surface area contributed by atoms with E-state index in [4.69, 9.17) is 5.73 Å². The Balaban J connectivity index is 3.09. The fourth-order valence-corrected chi connectivity index (χ4v) is 0.827. The number of anilines is 1. The third-order valence-electron chi connectivity index (χ3n) is 1.37. The molecule has 0 radical (unpaired) electrons. The second-order valence-corrected chi connectivity index (χ2v) is 2.22. The Kier molecular flexibility index (Phi) is 1.85. The molecule has 1 rings (SSSR count). The van der Waals surface area contributed by atoms with Crippen LogP contribution in [0.3, 0.4) is 0 Å². The summed E-state index contributed by atoms with van der Waals surface area (Å²) in [6, 6.07) is 3.77. The number of nitrogens with zero attached hydrogens (tertiary/aromatic N) is 2. The van der Waals surface area contributed by atoms with Gasteiger partial charge in [0, 0.05) is 6.07 Å². The van der Waals surface area contributed by atoms with Crippen molar-refractivity contribution in [1.29, 1.82) is 0 Å². The highest BCUT2D eigenvalue weighted by Crippen LogP contribution is 1.92. The minimum Gasteiger partial charge on any atom is -0.285 e. The lowest BCUT2D eigenvalue weighted by Crippen LogP contribution is -2.40. The molecular formula is C7H12N3+. The Morgan fingerprint density at radius 2 is 2.30 bits per heavy atom. The van der Waals surface area contributed by atoms with E-state index in [1.807, 2.05) is 26.0 Å². The van der Waals surface area contributed by atoms with E-state index >= 15 is 0 Å². The third kappa shape index (κ3) is 1.23. The van der Waals surface area contributed by atoms with Gasteiger partial charge in [-0.1, -0.05) is 5.10 Å². The highest BCUT2D eigenvalue weighted by Gasteiger charge is 2.01. The van der Waals surface area contributed by atoms with Crippen molar-refractivity contribution in [2.45, 2.75) is 20.4 Å². The first-order chi connectivity index (χ1) is 4.74. The summed E-state index contributed by atoms with van der Waals surface area (Å²) in [5.74, 6) is 0.716. The monoisotopic (exact) mass is 138 g/mol. The minimum absolute atomic E-state index is 0.716. The van der Waals surface area contributed by atoms with Crippen LogP contribution in [0.15, 0.2) is 12.1 Å². The second kappa shape index (κ2) is 2.64. The Hall–Kier alpha value is -1.12. The quantitative estimate of drug-likeness (QED) is 0.566. The first-order valence-electron chi connectivity index (χ1n) is 3.37. The van der Waals surface area contributed by atoms with Crippen LogP contribution in [0.1, 0.15) is 12.6 Å². The van der Waals surface area contributed by atoms with E-state index < -0.39 is 0 Å². The van der Waals surface area contributed by atoms with Crippen molar-refractivity contribution >= 4 is 5.82 Å². The van der Waals surface area contributed by atoms with E-state index in [-0.39, 0.29) is 0 Å². The molecule has 1 aromatic rings. The van der Waals surface area contributed by atoms with Crippen molar-refractivity contribution in [2.75, 3.05) is 5.73 Å². The van der Waals surface area contributed by atoms with E-state index in [0.717, 1.165) is 12.2 Å². The standard InChI is InChI=1S/C7H11N3/c1-3-10-7(8)5-4-6(2)9-10/h4-5,8H,3H2,1-2H3/p+1. The van der Waals surface area contributed by atoms with Crippen molar-refractivity contribution < 1.29 is 4.68 Å². The summed E-state index contributed by atoms with van der Waals surface area (Å²) in [6.45, 7) is 4.79. The molecule has 3 heteroatoms. The first kappa shape index (κ1) is 6.99. The average Bonchev–Trinajstić information content (AvgIpc) is 1.94. The van der Waals surface area contributed by atoms with Crippen LogP contribution in [-0.4, -0.2) is 5.10 Å². The van der Waals surface area contributed by atoms with Gasteiger partial charge in [0.1, 0.15) is 6.54 Å². The molecule has 0 saturated heterocycles. The number of nitrogen functional groups attached to an aromatic ring is 1. The van der Waals surface area contributed by atoms with E-state index in [9.17, 15) is 0 Å². The SMILES string of the molecule is CC[n+]1nc(C)ccc1N. The Labute approximate surface area is 60.5 Å². The average molecular weight is 138 g/mol. The normalized spacial score (nSPS) is 9.80. The van der Waals surface area contributed by atoms with Gasteiger partial charge in [-0.3, -0.25) is 5.73 Å². The maximum atomic E-state index is 5.60. The molecule has 0 aliphatic heterocycles. The summed E-state index contributed by atoms with van der Waals surface area (Å²) in [4.78, 5) is 0. The van der Waals surface area contributed by atoms with Gasteiger partial charge in [-0.2, -0.15) is 0 Å². The topological polar surface area (TPSA) is 42.8 Å². The summed E-state index contributed by atoms with van der Waals surface area (Å²) in [7, 11) is 0. The molecule has 0 aliphatic carbocycles. The van der Waals surface area contributed by atoms with Gasteiger partial charge in [0.2, 0.25) is 0 Å². The van der Waals surface area contributed by atoms with Gasteiger partial charge in [-0.05, 0) is 19.9 Å². The van der Waals surface area contributed by atoms with Crippen LogP contribution in [0.5, 0.6) is 0 Å². The maximum absolute atomic E-state index is 5.60. The van der Waals surface area contributed by atoms with Crippen LogP contribution in [0, 0.1) is 6.92 Å². The molecule has 0 aliphatic rings. The number of hydrogen-bond acceptors (Lipinski definition) is 2. The Morgan fingerprint density at radius 3 is 2.80 bits per heavy atom. The van der Waals surface area contributed by atoms with Crippen molar-refractivity contribution in [3.8, 4) is 0 Å². The molecular weight excluding hydrogens is 126 g/mol. The molecule has 1 aromatic heterocycles. The highest BCUT2D eigenvalue weighted by molar-refractivity contribution is 5.19. The van der Waals surface area contributed by atoms with Gasteiger partial charge in [-0.25, -0.2) is 0 Å². The lowest BCUT2D eigenvalue weighted by atomic mass is 10.4. The van der Waals surface area contributed by atoms with E-state index in [0.29, 0.717) is 5.82 Å². The zero-order valence-electron chi connectivity index (χ0n) is 6.33. The van der Waals surface area contributed by atoms with Gasteiger partial charge in [-0.15, -0.1) is 4.68 Å². The second-order valence-electron chi connectivity index (χ2n) is 2.22. The van der Waals surface area contributed by atoms with Crippen LogP contribution in [-0.2, 0) is 6.54 Å². The van der Waals surface area contributed by atoms with Crippen molar-refractivity contribution in [2.24, 2.45) is 0 Å². The van der Waals surface area contributed by atoms with Crippen molar-refractivity contribution in [1.82, 2.24) is 5.10 Å². The molecule has 3 nitrogen and oxygen atoms in total. The molecule has 10 heavy (non-hydrogen) atoms. The summed E-state index contributed by atoms with van der Waals surface area (Å²) >= 11 is 0. The van der Waals surface area contributed by atoms with Gasteiger partial charge in [0.15, 0.2) is 0 Å². The summed E-state index contributed by atoms with van der Waals surface area (Å²) < 4.78 is 1.77. The molecule has 0 saturated carbocycles.